The normalized spacial score (nSPS) is 15.2. The van der Waals surface area contributed by atoms with Crippen LogP contribution in [0.1, 0.15) is 37.1 Å². The molecule has 1 saturated carbocycles. The van der Waals surface area contributed by atoms with Crippen LogP contribution in [0.5, 0.6) is 5.75 Å². The molecular weight excluding hydrogens is 310 g/mol. The van der Waals surface area contributed by atoms with Crippen molar-refractivity contribution < 1.29 is 4.74 Å². The van der Waals surface area contributed by atoms with E-state index < -0.39 is 0 Å². The molecule has 3 rings (SSSR count). The number of rotatable bonds is 7. The van der Waals surface area contributed by atoms with E-state index >= 15 is 0 Å². The summed E-state index contributed by atoms with van der Waals surface area (Å²) in [6, 6.07) is 9.71. The van der Waals surface area contributed by atoms with Crippen molar-refractivity contribution in [2.24, 2.45) is 5.92 Å². The third kappa shape index (κ3) is 4.27. The van der Waals surface area contributed by atoms with Gasteiger partial charge in [-0.2, -0.15) is 5.10 Å². The molecule has 0 spiro atoms. The second kappa shape index (κ2) is 7.84. The number of aromatic nitrogens is 2. The third-order valence-electron chi connectivity index (χ3n) is 4.39. The molecule has 0 unspecified atom stereocenters. The zero-order chi connectivity index (χ0) is 16.1. The molecular formula is C18H24ClN3O. The highest BCUT2D eigenvalue weighted by atomic mass is 35.5. The highest BCUT2D eigenvalue weighted by Gasteiger charge is 2.18. The van der Waals surface area contributed by atoms with Gasteiger partial charge in [0.1, 0.15) is 12.4 Å². The van der Waals surface area contributed by atoms with Crippen molar-refractivity contribution in [3.05, 3.63) is 46.7 Å². The van der Waals surface area contributed by atoms with Crippen molar-refractivity contribution in [3.63, 3.8) is 0 Å². The van der Waals surface area contributed by atoms with Gasteiger partial charge in [-0.1, -0.05) is 36.6 Å². The van der Waals surface area contributed by atoms with Crippen molar-refractivity contribution in [1.29, 1.82) is 0 Å². The first kappa shape index (κ1) is 16.3. The number of halogens is 1. The summed E-state index contributed by atoms with van der Waals surface area (Å²) in [5, 5.41) is 8.55. The van der Waals surface area contributed by atoms with Gasteiger partial charge in [-0.25, -0.2) is 0 Å². The second-order valence-electron chi connectivity index (χ2n) is 6.21. The molecule has 0 aliphatic heterocycles. The third-order valence-corrected chi connectivity index (χ3v) is 4.70. The summed E-state index contributed by atoms with van der Waals surface area (Å²) in [4.78, 5) is 0. The summed E-state index contributed by atoms with van der Waals surface area (Å²) in [5.41, 5.74) is 2.17. The Labute approximate surface area is 142 Å². The summed E-state index contributed by atoms with van der Waals surface area (Å²) in [6.45, 7) is 2.26. The van der Waals surface area contributed by atoms with Gasteiger partial charge < -0.3 is 10.1 Å². The molecule has 0 amide bonds. The van der Waals surface area contributed by atoms with E-state index in [1.807, 2.05) is 31.3 Å². The van der Waals surface area contributed by atoms with Gasteiger partial charge in [0.2, 0.25) is 0 Å². The van der Waals surface area contributed by atoms with E-state index in [4.69, 9.17) is 21.4 Å². The molecule has 0 atom stereocenters. The van der Waals surface area contributed by atoms with Crippen LogP contribution in [0.15, 0.2) is 30.3 Å². The molecule has 1 aromatic carbocycles. The summed E-state index contributed by atoms with van der Waals surface area (Å²) in [7, 11) is 1.94. The number of hydrogen-bond donors (Lipinski definition) is 1. The molecule has 2 aromatic rings. The van der Waals surface area contributed by atoms with E-state index in [-0.39, 0.29) is 0 Å². The van der Waals surface area contributed by atoms with Crippen LogP contribution >= 0.6 is 11.6 Å². The monoisotopic (exact) mass is 333 g/mol. The van der Waals surface area contributed by atoms with Crippen molar-refractivity contribution in [3.8, 4) is 5.75 Å². The van der Waals surface area contributed by atoms with E-state index in [0.717, 1.165) is 36.1 Å². The number of hydrogen-bond acceptors (Lipinski definition) is 3. The number of nitrogens with one attached hydrogen (secondary N) is 1. The molecule has 1 heterocycles. The molecule has 124 valence electrons. The van der Waals surface area contributed by atoms with Crippen LogP contribution in [0.2, 0.25) is 5.02 Å². The SMILES string of the molecule is CNCc1cc(COc2ccccc2Cl)n(CC2CCCC2)n1. The maximum absolute atomic E-state index is 6.17. The van der Waals surface area contributed by atoms with Crippen molar-refractivity contribution in [2.45, 2.75) is 45.4 Å². The lowest BCUT2D eigenvalue weighted by Gasteiger charge is -2.13. The first-order valence-corrected chi connectivity index (χ1v) is 8.71. The van der Waals surface area contributed by atoms with Crippen LogP contribution < -0.4 is 10.1 Å². The Balaban J connectivity index is 1.72. The van der Waals surface area contributed by atoms with E-state index in [9.17, 15) is 0 Å². The highest BCUT2D eigenvalue weighted by molar-refractivity contribution is 6.32. The van der Waals surface area contributed by atoms with Gasteiger partial charge in [-0.05, 0) is 44.0 Å². The predicted octanol–water partition coefficient (Wildman–Crippen LogP) is 4.03. The van der Waals surface area contributed by atoms with E-state index in [1.165, 1.54) is 25.7 Å². The Kier molecular flexibility index (Phi) is 5.57. The highest BCUT2D eigenvalue weighted by Crippen LogP contribution is 2.27. The summed E-state index contributed by atoms with van der Waals surface area (Å²) in [5.74, 6) is 1.47. The van der Waals surface area contributed by atoms with E-state index in [1.54, 1.807) is 0 Å². The van der Waals surface area contributed by atoms with Crippen LogP contribution in [-0.4, -0.2) is 16.8 Å². The van der Waals surface area contributed by atoms with Crippen LogP contribution in [0.3, 0.4) is 0 Å². The topological polar surface area (TPSA) is 39.1 Å². The smallest absolute Gasteiger partial charge is 0.138 e. The number of nitrogens with zero attached hydrogens (tertiary/aromatic N) is 2. The first-order valence-electron chi connectivity index (χ1n) is 8.34. The van der Waals surface area contributed by atoms with Gasteiger partial charge in [0.25, 0.3) is 0 Å². The lowest BCUT2D eigenvalue weighted by atomic mass is 10.1. The number of para-hydroxylation sites is 1. The quantitative estimate of drug-likeness (QED) is 0.831. The molecule has 5 heteroatoms. The van der Waals surface area contributed by atoms with Gasteiger partial charge >= 0.3 is 0 Å². The Morgan fingerprint density at radius 3 is 2.83 bits per heavy atom. The van der Waals surface area contributed by atoms with Gasteiger partial charge in [0, 0.05) is 13.1 Å². The molecule has 1 aliphatic carbocycles. The van der Waals surface area contributed by atoms with Gasteiger partial charge in [-0.15, -0.1) is 0 Å². The largest absolute Gasteiger partial charge is 0.486 e. The second-order valence-corrected chi connectivity index (χ2v) is 6.62. The Morgan fingerprint density at radius 2 is 2.09 bits per heavy atom. The minimum Gasteiger partial charge on any atom is -0.486 e. The lowest BCUT2D eigenvalue weighted by molar-refractivity contribution is 0.285. The van der Waals surface area contributed by atoms with Crippen LogP contribution in [0, 0.1) is 5.92 Å². The van der Waals surface area contributed by atoms with E-state index in [2.05, 4.69) is 16.1 Å². The molecule has 0 saturated heterocycles. The van der Waals surface area contributed by atoms with Gasteiger partial charge in [-0.3, -0.25) is 4.68 Å². The fourth-order valence-corrected chi connectivity index (χ4v) is 3.40. The molecule has 1 fully saturated rings. The van der Waals surface area contributed by atoms with E-state index in [0.29, 0.717) is 11.6 Å². The first-order chi connectivity index (χ1) is 11.3. The summed E-state index contributed by atoms with van der Waals surface area (Å²) in [6.07, 6.45) is 5.32. The minimum atomic E-state index is 0.493. The van der Waals surface area contributed by atoms with Gasteiger partial charge in [0.15, 0.2) is 0 Å². The zero-order valence-electron chi connectivity index (χ0n) is 13.6. The molecule has 4 nitrogen and oxygen atoms in total. The minimum absolute atomic E-state index is 0.493. The fourth-order valence-electron chi connectivity index (χ4n) is 3.21. The summed E-state index contributed by atoms with van der Waals surface area (Å²) >= 11 is 6.17. The zero-order valence-corrected chi connectivity index (χ0v) is 14.4. The number of benzene rings is 1. The maximum Gasteiger partial charge on any atom is 0.138 e. The molecule has 1 N–H and O–H groups in total. The van der Waals surface area contributed by atoms with Crippen LogP contribution in [-0.2, 0) is 19.7 Å². The lowest BCUT2D eigenvalue weighted by Crippen LogP contribution is -2.14. The van der Waals surface area contributed by atoms with Crippen LogP contribution in [0.25, 0.3) is 0 Å². The van der Waals surface area contributed by atoms with Crippen molar-refractivity contribution >= 4 is 11.6 Å². The molecule has 1 aromatic heterocycles. The maximum atomic E-state index is 6.17. The predicted molar refractivity (Wildman–Crippen MR) is 92.7 cm³/mol. The average Bonchev–Trinajstić information content (AvgIpc) is 3.18. The van der Waals surface area contributed by atoms with Gasteiger partial charge in [0.05, 0.1) is 16.4 Å². The Morgan fingerprint density at radius 1 is 1.30 bits per heavy atom. The molecule has 0 radical (unpaired) electrons. The average molecular weight is 334 g/mol. The van der Waals surface area contributed by atoms with Crippen molar-refractivity contribution in [1.82, 2.24) is 15.1 Å². The number of ether oxygens (including phenoxy) is 1. The van der Waals surface area contributed by atoms with Crippen LogP contribution in [0.4, 0.5) is 0 Å². The Hall–Kier alpha value is -1.52. The standard InChI is InChI=1S/C18H24ClN3O/c1-20-11-15-10-16(13-23-18-9-5-4-8-17(18)19)22(21-15)12-14-6-2-3-7-14/h4-5,8-10,14,20H,2-3,6-7,11-13H2,1H3. The summed E-state index contributed by atoms with van der Waals surface area (Å²) < 4.78 is 8.03. The fraction of sp³-hybridized carbons (Fsp3) is 0.500. The molecule has 1 aliphatic rings. The molecule has 23 heavy (non-hydrogen) atoms. The Bertz CT molecular complexity index is 635. The molecule has 0 bridgehead atoms. The van der Waals surface area contributed by atoms with Crippen molar-refractivity contribution in [2.75, 3.05) is 7.05 Å².